The minimum Gasteiger partial charge on any atom is -0.463 e. The topological polar surface area (TPSA) is 77.0 Å². The van der Waals surface area contributed by atoms with Crippen molar-refractivity contribution in [1.29, 1.82) is 0 Å². The highest BCUT2D eigenvalue weighted by Gasteiger charge is 2.27. The summed E-state index contributed by atoms with van der Waals surface area (Å²) in [5.41, 5.74) is 2.92. The molecule has 4 heterocycles. The van der Waals surface area contributed by atoms with Gasteiger partial charge in [0.1, 0.15) is 5.69 Å². The van der Waals surface area contributed by atoms with Gasteiger partial charge < -0.3 is 4.42 Å². The van der Waals surface area contributed by atoms with Crippen molar-refractivity contribution in [2.45, 2.75) is 45.6 Å². The summed E-state index contributed by atoms with van der Waals surface area (Å²) in [5.74, 6) is 0.469. The first-order valence-electron chi connectivity index (χ1n) is 10.9. The van der Waals surface area contributed by atoms with Gasteiger partial charge in [-0.05, 0) is 57.7 Å². The molecule has 0 unspecified atom stereocenters. The van der Waals surface area contributed by atoms with E-state index in [2.05, 4.69) is 11.7 Å². The van der Waals surface area contributed by atoms with Crippen LogP contribution >= 0.6 is 11.3 Å². The normalized spacial score (nSPS) is 13.5. The molecule has 0 radical (unpaired) electrons. The third-order valence-electron chi connectivity index (χ3n) is 5.68. The molecule has 4 aromatic rings. The second-order valence-electron chi connectivity index (χ2n) is 8.23. The summed E-state index contributed by atoms with van der Waals surface area (Å²) in [6.07, 6.45) is 9.40. The molecular weight excluding hydrogens is 422 g/mol. The number of carbonyl (C=O) groups is 1. The van der Waals surface area contributed by atoms with Gasteiger partial charge >= 0.3 is 0 Å². The molecule has 0 saturated heterocycles. The molecule has 0 saturated carbocycles. The van der Waals surface area contributed by atoms with E-state index in [0.717, 1.165) is 35.5 Å². The standard InChI is InChI=1S/C24H25N5O2S/c1-4-11-28(24-27-18-8-5-6-10-21(18)32-24)23(30)16-13-19(20-9-7-12-31-20)26-22-17(16)14-25-29(22)15(2)3/h4,7,9,12-15H,1,5-6,8,10-11H2,2-3H3. The molecule has 0 aliphatic heterocycles. The van der Waals surface area contributed by atoms with Gasteiger partial charge in [0.2, 0.25) is 0 Å². The molecule has 164 valence electrons. The van der Waals surface area contributed by atoms with Crippen molar-refractivity contribution in [3.8, 4) is 11.5 Å². The zero-order valence-corrected chi connectivity index (χ0v) is 19.1. The van der Waals surface area contributed by atoms with Crippen LogP contribution in [0, 0.1) is 0 Å². The maximum atomic E-state index is 13.9. The van der Waals surface area contributed by atoms with Crippen LogP contribution in [0.15, 0.2) is 47.7 Å². The van der Waals surface area contributed by atoms with E-state index < -0.39 is 0 Å². The molecule has 7 nitrogen and oxygen atoms in total. The van der Waals surface area contributed by atoms with E-state index in [9.17, 15) is 4.79 Å². The lowest BCUT2D eigenvalue weighted by molar-refractivity contribution is 0.0991. The second kappa shape index (κ2) is 8.35. The molecule has 0 spiro atoms. The van der Waals surface area contributed by atoms with Gasteiger partial charge in [0.05, 0.1) is 29.1 Å². The number of carbonyl (C=O) groups excluding carboxylic acids is 1. The lowest BCUT2D eigenvalue weighted by Gasteiger charge is -2.19. The van der Waals surface area contributed by atoms with Gasteiger partial charge in [-0.1, -0.05) is 6.08 Å². The summed E-state index contributed by atoms with van der Waals surface area (Å²) in [7, 11) is 0. The summed E-state index contributed by atoms with van der Waals surface area (Å²) in [6.45, 7) is 8.33. The molecule has 5 rings (SSSR count). The molecule has 1 aliphatic rings. The second-order valence-corrected chi connectivity index (χ2v) is 9.29. The van der Waals surface area contributed by atoms with Gasteiger partial charge in [-0.15, -0.1) is 17.9 Å². The molecule has 0 bridgehead atoms. The lowest BCUT2D eigenvalue weighted by atomic mass is 10.0. The average molecular weight is 448 g/mol. The van der Waals surface area contributed by atoms with Gasteiger partial charge in [-0.2, -0.15) is 5.10 Å². The summed E-state index contributed by atoms with van der Waals surface area (Å²) >= 11 is 1.62. The van der Waals surface area contributed by atoms with Gasteiger partial charge in [-0.25, -0.2) is 14.6 Å². The number of aromatic nitrogens is 4. The molecular formula is C24H25N5O2S. The van der Waals surface area contributed by atoms with Crippen LogP contribution in [0.1, 0.15) is 53.7 Å². The van der Waals surface area contributed by atoms with Gasteiger partial charge in [-0.3, -0.25) is 9.69 Å². The summed E-state index contributed by atoms with van der Waals surface area (Å²) in [6, 6.07) is 5.55. The van der Waals surface area contributed by atoms with Crippen LogP contribution in [0.4, 0.5) is 5.13 Å². The van der Waals surface area contributed by atoms with Crippen molar-refractivity contribution in [1.82, 2.24) is 19.7 Å². The molecule has 0 atom stereocenters. The number of hydrogen-bond donors (Lipinski definition) is 0. The van der Waals surface area contributed by atoms with Crippen molar-refractivity contribution in [3.63, 3.8) is 0 Å². The first-order chi connectivity index (χ1) is 15.6. The maximum Gasteiger partial charge on any atom is 0.261 e. The fourth-order valence-electron chi connectivity index (χ4n) is 4.10. The summed E-state index contributed by atoms with van der Waals surface area (Å²) in [4.78, 5) is 26.5. The molecule has 0 N–H and O–H groups in total. The zero-order valence-electron chi connectivity index (χ0n) is 18.2. The molecule has 32 heavy (non-hydrogen) atoms. The first kappa shape index (κ1) is 20.6. The third-order valence-corrected chi connectivity index (χ3v) is 6.86. The zero-order chi connectivity index (χ0) is 22.2. The SMILES string of the molecule is C=CCN(C(=O)c1cc(-c2ccco2)nc2c1cnn2C(C)C)c1nc2c(s1)CCCC2. The maximum absolute atomic E-state index is 13.9. The number of pyridine rings is 1. The van der Waals surface area contributed by atoms with Crippen molar-refractivity contribution >= 4 is 33.4 Å². The molecule has 1 aliphatic carbocycles. The van der Waals surface area contributed by atoms with Crippen molar-refractivity contribution < 1.29 is 9.21 Å². The Kier molecular flexibility index (Phi) is 5.38. The number of amides is 1. The Morgan fingerprint density at radius 3 is 2.91 bits per heavy atom. The van der Waals surface area contributed by atoms with Crippen molar-refractivity contribution in [2.24, 2.45) is 0 Å². The molecule has 1 amide bonds. The van der Waals surface area contributed by atoms with E-state index >= 15 is 0 Å². The number of hydrogen-bond acceptors (Lipinski definition) is 6. The monoisotopic (exact) mass is 447 g/mol. The van der Waals surface area contributed by atoms with Gasteiger partial charge in [0, 0.05) is 17.5 Å². The molecule has 4 aromatic heterocycles. The lowest BCUT2D eigenvalue weighted by Crippen LogP contribution is -2.31. The van der Waals surface area contributed by atoms with Gasteiger partial charge in [0.25, 0.3) is 5.91 Å². The van der Waals surface area contributed by atoms with Crippen LogP contribution in [0.25, 0.3) is 22.5 Å². The molecule has 0 fully saturated rings. The third kappa shape index (κ3) is 3.54. The van der Waals surface area contributed by atoms with Crippen LogP contribution in [0.3, 0.4) is 0 Å². The fraction of sp³-hybridized carbons (Fsp3) is 0.333. The van der Waals surface area contributed by atoms with Crippen LogP contribution in [-0.4, -0.2) is 32.2 Å². The van der Waals surface area contributed by atoms with Gasteiger partial charge in [0.15, 0.2) is 16.5 Å². The van der Waals surface area contributed by atoms with Crippen LogP contribution in [0.2, 0.25) is 0 Å². The van der Waals surface area contributed by atoms with E-state index in [0.29, 0.717) is 29.2 Å². The predicted molar refractivity (Wildman–Crippen MR) is 126 cm³/mol. The fourth-order valence-corrected chi connectivity index (χ4v) is 5.26. The number of nitrogens with zero attached hydrogens (tertiary/aromatic N) is 5. The Hall–Kier alpha value is -3.26. The number of anilines is 1. The van der Waals surface area contributed by atoms with E-state index in [1.54, 1.807) is 40.8 Å². The van der Waals surface area contributed by atoms with E-state index in [1.165, 1.54) is 11.3 Å². The molecule has 8 heteroatoms. The highest BCUT2D eigenvalue weighted by molar-refractivity contribution is 7.16. The minimum atomic E-state index is -0.139. The Morgan fingerprint density at radius 1 is 1.34 bits per heavy atom. The first-order valence-corrected chi connectivity index (χ1v) is 11.7. The Bertz CT molecular complexity index is 1260. The van der Waals surface area contributed by atoms with Crippen LogP contribution < -0.4 is 4.90 Å². The van der Waals surface area contributed by atoms with Crippen LogP contribution in [-0.2, 0) is 12.8 Å². The van der Waals surface area contributed by atoms with E-state index in [-0.39, 0.29) is 11.9 Å². The Balaban J connectivity index is 1.65. The number of furan rings is 1. The number of thiazole rings is 1. The number of aryl methyl sites for hydroxylation is 2. The van der Waals surface area contributed by atoms with E-state index in [1.807, 2.05) is 30.7 Å². The number of rotatable bonds is 6. The smallest absolute Gasteiger partial charge is 0.261 e. The van der Waals surface area contributed by atoms with Crippen LogP contribution in [0.5, 0.6) is 0 Å². The summed E-state index contributed by atoms with van der Waals surface area (Å²) in [5, 5.41) is 5.95. The largest absolute Gasteiger partial charge is 0.463 e. The van der Waals surface area contributed by atoms with E-state index in [4.69, 9.17) is 14.4 Å². The highest BCUT2D eigenvalue weighted by atomic mass is 32.1. The summed E-state index contributed by atoms with van der Waals surface area (Å²) < 4.78 is 7.42. The Labute approximate surface area is 190 Å². The van der Waals surface area contributed by atoms with Crippen molar-refractivity contribution in [3.05, 3.63) is 59.4 Å². The highest BCUT2D eigenvalue weighted by Crippen LogP contribution is 2.34. The quantitative estimate of drug-likeness (QED) is 0.368. The minimum absolute atomic E-state index is 0.102. The van der Waals surface area contributed by atoms with Crippen molar-refractivity contribution in [2.75, 3.05) is 11.4 Å². The number of fused-ring (bicyclic) bond motifs is 2. The average Bonchev–Trinajstić information content (AvgIpc) is 3.54. The Morgan fingerprint density at radius 2 is 2.19 bits per heavy atom. The molecule has 0 aromatic carbocycles. The predicted octanol–water partition coefficient (Wildman–Crippen LogP) is 5.44.